The Labute approximate surface area is 153 Å². The lowest BCUT2D eigenvalue weighted by Gasteiger charge is -2.55. The van der Waals surface area contributed by atoms with E-state index in [2.05, 4.69) is 51.9 Å². The molecule has 0 aromatic rings. The Bertz CT molecular complexity index is 304. The largest absolute Gasteiger partial charge is 0.317 e. The molecule has 1 saturated heterocycles. The second kappa shape index (κ2) is 10.8. The van der Waals surface area contributed by atoms with Crippen LogP contribution in [0.25, 0.3) is 0 Å². The average molecular weight is 339 g/mol. The zero-order valence-electron chi connectivity index (χ0n) is 17.7. The first-order chi connectivity index (χ1) is 11.3. The molecule has 0 aromatic heterocycles. The molecule has 0 amide bonds. The van der Waals surface area contributed by atoms with E-state index >= 15 is 0 Å². The van der Waals surface area contributed by atoms with Crippen LogP contribution in [0.5, 0.6) is 0 Å². The number of nitrogens with zero attached hydrogens (tertiary/aromatic N) is 1. The Hall–Kier alpha value is -0.0800. The molecule has 0 unspecified atom stereocenters. The highest BCUT2D eigenvalue weighted by Crippen LogP contribution is 2.38. The maximum atomic E-state index is 3.52. The minimum Gasteiger partial charge on any atom is -0.317 e. The fourth-order valence-electron chi connectivity index (χ4n) is 4.88. The summed E-state index contributed by atoms with van der Waals surface area (Å²) in [6, 6.07) is 0.666. The van der Waals surface area contributed by atoms with Crippen molar-refractivity contribution in [3.8, 4) is 0 Å². The Morgan fingerprint density at radius 2 is 1.17 bits per heavy atom. The second-order valence-electron chi connectivity index (χ2n) is 9.35. The van der Waals surface area contributed by atoms with Gasteiger partial charge in [0.05, 0.1) is 0 Å². The Kier molecular flexibility index (Phi) is 9.89. The molecular formula is C22H46N2. The zero-order chi connectivity index (χ0) is 18.1. The fraction of sp³-hybridized carbons (Fsp3) is 1.00. The van der Waals surface area contributed by atoms with Gasteiger partial charge in [-0.25, -0.2) is 0 Å². The average Bonchev–Trinajstić information content (AvgIpc) is 2.50. The number of nitrogens with one attached hydrogen (secondary N) is 1. The van der Waals surface area contributed by atoms with Crippen molar-refractivity contribution in [1.82, 2.24) is 10.2 Å². The highest BCUT2D eigenvalue weighted by molar-refractivity contribution is 5.01. The van der Waals surface area contributed by atoms with Crippen LogP contribution in [0.15, 0.2) is 0 Å². The molecule has 1 aliphatic heterocycles. The van der Waals surface area contributed by atoms with Gasteiger partial charge in [0.2, 0.25) is 0 Å². The topological polar surface area (TPSA) is 15.3 Å². The second-order valence-corrected chi connectivity index (χ2v) is 9.35. The summed E-state index contributed by atoms with van der Waals surface area (Å²) in [4.78, 5) is 2.79. The maximum Gasteiger partial charge on any atom is 0.0173 e. The lowest BCUT2D eigenvalue weighted by Crippen LogP contribution is -2.63. The van der Waals surface area contributed by atoms with E-state index in [0.717, 1.165) is 0 Å². The first-order valence-electron chi connectivity index (χ1n) is 10.8. The zero-order valence-corrected chi connectivity index (χ0v) is 17.7. The maximum absolute atomic E-state index is 3.52. The Morgan fingerprint density at radius 3 is 1.58 bits per heavy atom. The number of hydrogen-bond acceptors (Lipinski definition) is 2. The molecule has 1 rings (SSSR count). The van der Waals surface area contributed by atoms with Crippen molar-refractivity contribution in [2.75, 3.05) is 13.6 Å². The number of unbranched alkanes of at least 4 members (excludes halogenated alkanes) is 9. The molecule has 0 spiro atoms. The summed E-state index contributed by atoms with van der Waals surface area (Å²) in [6.45, 7) is 13.3. The number of likely N-dealkylation sites (tertiary alicyclic amines) is 1. The van der Waals surface area contributed by atoms with Crippen molar-refractivity contribution in [2.45, 2.75) is 129 Å². The van der Waals surface area contributed by atoms with E-state index in [1.807, 2.05) is 0 Å². The predicted octanol–water partition coefficient (Wildman–Crippen LogP) is 6.15. The highest BCUT2D eigenvalue weighted by atomic mass is 15.3. The van der Waals surface area contributed by atoms with Crippen molar-refractivity contribution < 1.29 is 0 Å². The van der Waals surface area contributed by atoms with Crippen LogP contribution in [0, 0.1) is 0 Å². The summed E-state index contributed by atoms with van der Waals surface area (Å²) in [5, 5.41) is 3.52. The molecule has 0 saturated carbocycles. The van der Waals surface area contributed by atoms with E-state index in [-0.39, 0.29) is 0 Å². The quantitative estimate of drug-likeness (QED) is 0.429. The molecule has 0 bridgehead atoms. The van der Waals surface area contributed by atoms with Gasteiger partial charge in [0.1, 0.15) is 0 Å². The first-order valence-corrected chi connectivity index (χ1v) is 10.8. The normalized spacial score (nSPS) is 21.2. The van der Waals surface area contributed by atoms with Gasteiger partial charge in [0.15, 0.2) is 0 Å². The third kappa shape index (κ3) is 7.44. The number of rotatable bonds is 12. The molecule has 0 aliphatic carbocycles. The highest BCUT2D eigenvalue weighted by Gasteiger charge is 2.44. The molecule has 1 heterocycles. The monoisotopic (exact) mass is 338 g/mol. The SMILES string of the molecule is CCCCCCCCCCCCN1C(C)(C)CC(NC)CC1(C)C. The number of piperidine rings is 1. The molecule has 1 N–H and O–H groups in total. The van der Waals surface area contributed by atoms with Gasteiger partial charge in [-0.1, -0.05) is 64.7 Å². The summed E-state index contributed by atoms with van der Waals surface area (Å²) in [6.07, 6.45) is 16.8. The fourth-order valence-corrected chi connectivity index (χ4v) is 4.88. The summed E-state index contributed by atoms with van der Waals surface area (Å²) in [7, 11) is 2.12. The third-order valence-electron chi connectivity index (χ3n) is 6.10. The Balaban J connectivity index is 2.19. The molecule has 2 heteroatoms. The van der Waals surface area contributed by atoms with E-state index < -0.39 is 0 Å². The first kappa shape index (κ1) is 22.0. The minimum atomic E-state index is 0.314. The van der Waals surface area contributed by atoms with Crippen LogP contribution in [0.3, 0.4) is 0 Å². The molecule has 24 heavy (non-hydrogen) atoms. The van der Waals surface area contributed by atoms with Gasteiger partial charge >= 0.3 is 0 Å². The van der Waals surface area contributed by atoms with Crippen molar-refractivity contribution in [3.05, 3.63) is 0 Å². The van der Waals surface area contributed by atoms with E-state index in [4.69, 9.17) is 0 Å². The molecular weight excluding hydrogens is 292 g/mol. The van der Waals surface area contributed by atoms with Crippen LogP contribution in [0.4, 0.5) is 0 Å². The summed E-state index contributed by atoms with van der Waals surface area (Å²) < 4.78 is 0. The van der Waals surface area contributed by atoms with Crippen LogP contribution >= 0.6 is 0 Å². The van der Waals surface area contributed by atoms with E-state index in [0.29, 0.717) is 17.1 Å². The van der Waals surface area contributed by atoms with Crippen LogP contribution in [-0.4, -0.2) is 35.6 Å². The van der Waals surface area contributed by atoms with Gasteiger partial charge in [0, 0.05) is 17.1 Å². The van der Waals surface area contributed by atoms with Crippen LogP contribution in [0.2, 0.25) is 0 Å². The standard InChI is InChI=1S/C22H46N2/c1-7-8-9-10-11-12-13-14-15-16-17-24-21(2,3)18-20(23-6)19-22(24,4)5/h20,23H,7-19H2,1-6H3. The molecule has 0 aromatic carbocycles. The van der Waals surface area contributed by atoms with E-state index in [1.54, 1.807) is 0 Å². The summed E-state index contributed by atoms with van der Waals surface area (Å²) in [5.74, 6) is 0. The van der Waals surface area contributed by atoms with Crippen molar-refractivity contribution >= 4 is 0 Å². The lowest BCUT2D eigenvalue weighted by molar-refractivity contribution is -0.0403. The van der Waals surface area contributed by atoms with Gasteiger partial charge in [-0.15, -0.1) is 0 Å². The van der Waals surface area contributed by atoms with Gasteiger partial charge < -0.3 is 5.32 Å². The van der Waals surface area contributed by atoms with Crippen LogP contribution in [-0.2, 0) is 0 Å². The molecule has 2 nitrogen and oxygen atoms in total. The van der Waals surface area contributed by atoms with Crippen LogP contribution in [0.1, 0.15) is 112 Å². The molecule has 1 aliphatic rings. The van der Waals surface area contributed by atoms with Gasteiger partial charge in [-0.2, -0.15) is 0 Å². The van der Waals surface area contributed by atoms with E-state index in [9.17, 15) is 0 Å². The van der Waals surface area contributed by atoms with Gasteiger partial charge in [-0.05, 0) is 60.5 Å². The van der Waals surface area contributed by atoms with Crippen molar-refractivity contribution in [1.29, 1.82) is 0 Å². The predicted molar refractivity (Wildman–Crippen MR) is 109 cm³/mol. The lowest BCUT2D eigenvalue weighted by atomic mass is 9.77. The third-order valence-corrected chi connectivity index (χ3v) is 6.10. The Morgan fingerprint density at radius 1 is 0.750 bits per heavy atom. The van der Waals surface area contributed by atoms with Crippen molar-refractivity contribution in [2.24, 2.45) is 0 Å². The number of hydrogen-bond donors (Lipinski definition) is 1. The summed E-state index contributed by atoms with van der Waals surface area (Å²) in [5.41, 5.74) is 0.628. The van der Waals surface area contributed by atoms with Crippen molar-refractivity contribution in [3.63, 3.8) is 0 Å². The van der Waals surface area contributed by atoms with Gasteiger partial charge in [-0.3, -0.25) is 4.90 Å². The minimum absolute atomic E-state index is 0.314. The molecule has 144 valence electrons. The molecule has 0 radical (unpaired) electrons. The molecule has 1 fully saturated rings. The van der Waals surface area contributed by atoms with Gasteiger partial charge in [0.25, 0.3) is 0 Å². The summed E-state index contributed by atoms with van der Waals surface area (Å²) >= 11 is 0. The van der Waals surface area contributed by atoms with Crippen LogP contribution < -0.4 is 5.32 Å². The molecule has 0 atom stereocenters. The smallest absolute Gasteiger partial charge is 0.0173 e. The van der Waals surface area contributed by atoms with E-state index in [1.165, 1.54) is 83.6 Å².